The molecule has 0 atom stereocenters. The van der Waals surface area contributed by atoms with Gasteiger partial charge in [-0.05, 0) is 19.9 Å². The first-order chi connectivity index (χ1) is 11.1. The van der Waals surface area contributed by atoms with Crippen LogP contribution in [0.4, 0.5) is 0 Å². The van der Waals surface area contributed by atoms with Crippen LogP contribution in [0.2, 0.25) is 0 Å². The number of carbonyl (C=O) groups is 1. The number of hydrogen-bond acceptors (Lipinski definition) is 4. The fraction of sp³-hybridized carbons (Fsp3) is 0.235. The Bertz CT molecular complexity index is 804. The molecule has 23 heavy (non-hydrogen) atoms. The van der Waals surface area contributed by atoms with Gasteiger partial charge in [-0.15, -0.1) is 11.3 Å². The van der Waals surface area contributed by atoms with Crippen molar-refractivity contribution in [3.63, 3.8) is 0 Å². The van der Waals surface area contributed by atoms with Crippen LogP contribution in [-0.4, -0.2) is 27.6 Å². The Balaban J connectivity index is 1.55. The van der Waals surface area contributed by atoms with E-state index in [1.165, 1.54) is 5.56 Å². The van der Waals surface area contributed by atoms with Crippen molar-refractivity contribution in [2.45, 2.75) is 20.3 Å². The summed E-state index contributed by atoms with van der Waals surface area (Å²) in [5, 5.41) is 12.6. The lowest BCUT2D eigenvalue weighted by Crippen LogP contribution is -2.26. The zero-order valence-corrected chi connectivity index (χ0v) is 13.9. The number of amides is 1. The van der Waals surface area contributed by atoms with Crippen molar-refractivity contribution >= 4 is 17.2 Å². The Morgan fingerprint density at radius 3 is 2.74 bits per heavy atom. The minimum absolute atomic E-state index is 0.164. The molecule has 0 aliphatic carbocycles. The molecule has 5 nitrogen and oxygen atoms in total. The molecule has 1 amide bonds. The number of nitrogens with zero attached hydrogens (tertiary/aromatic N) is 2. The fourth-order valence-corrected chi connectivity index (χ4v) is 3.04. The van der Waals surface area contributed by atoms with Gasteiger partial charge in [-0.1, -0.05) is 29.8 Å². The average molecular weight is 326 g/mol. The number of carbonyl (C=O) groups excluding carboxylic acids is 1. The van der Waals surface area contributed by atoms with Crippen molar-refractivity contribution in [3.8, 4) is 10.6 Å². The first-order valence-corrected chi connectivity index (χ1v) is 8.31. The second kappa shape index (κ2) is 6.75. The van der Waals surface area contributed by atoms with E-state index in [-0.39, 0.29) is 5.91 Å². The molecule has 0 aliphatic heterocycles. The van der Waals surface area contributed by atoms with Crippen molar-refractivity contribution in [2.75, 3.05) is 6.54 Å². The van der Waals surface area contributed by atoms with Crippen molar-refractivity contribution in [1.29, 1.82) is 0 Å². The number of H-pyrrole nitrogens is 1. The topological polar surface area (TPSA) is 70.7 Å². The Morgan fingerprint density at radius 2 is 2.04 bits per heavy atom. The summed E-state index contributed by atoms with van der Waals surface area (Å²) in [6.45, 7) is 4.48. The first-order valence-electron chi connectivity index (χ1n) is 7.43. The smallest absolute Gasteiger partial charge is 0.271 e. The summed E-state index contributed by atoms with van der Waals surface area (Å²) in [6, 6.07) is 10.1. The van der Waals surface area contributed by atoms with Crippen LogP contribution < -0.4 is 5.32 Å². The lowest BCUT2D eigenvalue weighted by molar-refractivity contribution is 0.0949. The monoisotopic (exact) mass is 326 g/mol. The second-order valence-corrected chi connectivity index (χ2v) is 6.31. The van der Waals surface area contributed by atoms with Crippen molar-refractivity contribution in [2.24, 2.45) is 0 Å². The molecule has 2 N–H and O–H groups in total. The molecule has 0 radical (unpaired) electrons. The van der Waals surface area contributed by atoms with E-state index in [9.17, 15) is 4.79 Å². The third-order valence-electron chi connectivity index (χ3n) is 3.46. The minimum atomic E-state index is -0.164. The van der Waals surface area contributed by atoms with Gasteiger partial charge in [-0.3, -0.25) is 9.89 Å². The predicted molar refractivity (Wildman–Crippen MR) is 91.6 cm³/mol. The summed E-state index contributed by atoms with van der Waals surface area (Å²) in [5.74, 6) is -0.164. The van der Waals surface area contributed by atoms with Gasteiger partial charge < -0.3 is 5.32 Å². The molecular weight excluding hydrogens is 308 g/mol. The fourth-order valence-electron chi connectivity index (χ4n) is 2.18. The van der Waals surface area contributed by atoms with Gasteiger partial charge in [0.15, 0.2) is 0 Å². The maximum atomic E-state index is 11.9. The summed E-state index contributed by atoms with van der Waals surface area (Å²) < 4.78 is 0. The van der Waals surface area contributed by atoms with E-state index < -0.39 is 0 Å². The van der Waals surface area contributed by atoms with Gasteiger partial charge in [0.05, 0.1) is 5.69 Å². The zero-order valence-electron chi connectivity index (χ0n) is 13.1. The lowest BCUT2D eigenvalue weighted by atomic mass is 10.2. The number of rotatable bonds is 5. The number of nitrogens with one attached hydrogen (secondary N) is 2. The summed E-state index contributed by atoms with van der Waals surface area (Å²) >= 11 is 1.63. The van der Waals surface area contributed by atoms with Gasteiger partial charge in [0, 0.05) is 29.6 Å². The molecule has 2 aromatic heterocycles. The molecule has 3 aromatic rings. The van der Waals surface area contributed by atoms with Crippen molar-refractivity contribution in [3.05, 3.63) is 58.4 Å². The van der Waals surface area contributed by atoms with Crippen LogP contribution in [0.25, 0.3) is 10.6 Å². The summed E-state index contributed by atoms with van der Waals surface area (Å²) in [6.07, 6.45) is 0.706. The molecule has 0 saturated heterocycles. The van der Waals surface area contributed by atoms with Gasteiger partial charge in [-0.25, -0.2) is 4.98 Å². The van der Waals surface area contributed by atoms with Gasteiger partial charge >= 0.3 is 0 Å². The molecule has 6 heteroatoms. The van der Waals surface area contributed by atoms with E-state index in [2.05, 4.69) is 51.7 Å². The zero-order chi connectivity index (χ0) is 16.2. The van der Waals surface area contributed by atoms with Crippen molar-refractivity contribution in [1.82, 2.24) is 20.5 Å². The molecular formula is C17H18N4OS. The highest BCUT2D eigenvalue weighted by atomic mass is 32.1. The largest absolute Gasteiger partial charge is 0.350 e. The molecule has 0 saturated carbocycles. The van der Waals surface area contributed by atoms with Gasteiger partial charge in [0.1, 0.15) is 10.7 Å². The molecule has 0 aliphatic rings. The Kier molecular flexibility index (Phi) is 4.52. The Morgan fingerprint density at radius 1 is 1.26 bits per heavy atom. The number of aryl methyl sites for hydroxylation is 2. The molecule has 0 spiro atoms. The van der Waals surface area contributed by atoms with Crippen LogP contribution >= 0.6 is 11.3 Å². The van der Waals surface area contributed by atoms with Gasteiger partial charge in [0.25, 0.3) is 5.91 Å². The minimum Gasteiger partial charge on any atom is -0.350 e. The maximum Gasteiger partial charge on any atom is 0.271 e. The van der Waals surface area contributed by atoms with Crippen LogP contribution in [0.1, 0.15) is 27.4 Å². The van der Waals surface area contributed by atoms with E-state index in [1.54, 1.807) is 17.4 Å². The Hall–Kier alpha value is -2.47. The highest BCUT2D eigenvalue weighted by molar-refractivity contribution is 7.13. The van der Waals surface area contributed by atoms with E-state index in [0.717, 1.165) is 22.0 Å². The van der Waals surface area contributed by atoms with E-state index >= 15 is 0 Å². The molecule has 0 unspecified atom stereocenters. The van der Waals surface area contributed by atoms with Crippen LogP contribution in [0, 0.1) is 13.8 Å². The summed E-state index contributed by atoms with van der Waals surface area (Å²) in [5.41, 5.74) is 4.65. The number of benzene rings is 1. The maximum absolute atomic E-state index is 11.9. The van der Waals surface area contributed by atoms with E-state index in [1.807, 2.05) is 12.3 Å². The molecule has 1 aromatic carbocycles. The predicted octanol–water partition coefficient (Wildman–Crippen LogP) is 3.12. The van der Waals surface area contributed by atoms with Crippen LogP contribution in [0.3, 0.4) is 0 Å². The van der Waals surface area contributed by atoms with Gasteiger partial charge in [0.2, 0.25) is 0 Å². The van der Waals surface area contributed by atoms with E-state index in [0.29, 0.717) is 18.7 Å². The highest BCUT2D eigenvalue weighted by Crippen LogP contribution is 2.24. The highest BCUT2D eigenvalue weighted by Gasteiger charge is 2.09. The van der Waals surface area contributed by atoms with Gasteiger partial charge in [-0.2, -0.15) is 5.10 Å². The summed E-state index contributed by atoms with van der Waals surface area (Å²) in [4.78, 5) is 16.5. The van der Waals surface area contributed by atoms with E-state index in [4.69, 9.17) is 0 Å². The summed E-state index contributed by atoms with van der Waals surface area (Å²) in [7, 11) is 0. The van der Waals surface area contributed by atoms with Crippen molar-refractivity contribution < 1.29 is 4.79 Å². The lowest BCUT2D eigenvalue weighted by Gasteiger charge is -2.01. The average Bonchev–Trinajstić information content (AvgIpc) is 3.17. The third-order valence-corrected chi connectivity index (χ3v) is 4.40. The molecule has 118 valence electrons. The second-order valence-electron chi connectivity index (χ2n) is 5.45. The van der Waals surface area contributed by atoms with Crippen LogP contribution in [0.15, 0.2) is 35.7 Å². The SMILES string of the molecule is Cc1ccc(-c2nc(CCNC(=O)c3cc(C)[nH]n3)cs2)cc1. The normalized spacial score (nSPS) is 10.7. The first kappa shape index (κ1) is 15.4. The molecule has 0 bridgehead atoms. The third kappa shape index (κ3) is 3.84. The quantitative estimate of drug-likeness (QED) is 0.757. The number of thiazole rings is 1. The Labute approximate surface area is 138 Å². The molecule has 0 fully saturated rings. The number of aromatic nitrogens is 3. The molecule has 2 heterocycles. The number of aromatic amines is 1. The van der Waals surface area contributed by atoms with Crippen LogP contribution in [-0.2, 0) is 6.42 Å². The molecule has 3 rings (SSSR count). The standard InChI is InChI=1S/C17H18N4OS/c1-11-3-5-13(6-4-11)17-19-14(10-23-17)7-8-18-16(22)15-9-12(2)20-21-15/h3-6,9-10H,7-8H2,1-2H3,(H,18,22)(H,20,21). The number of hydrogen-bond donors (Lipinski definition) is 2. The van der Waals surface area contributed by atoms with Crippen LogP contribution in [0.5, 0.6) is 0 Å².